The van der Waals surface area contributed by atoms with Crippen LogP contribution in [0, 0.1) is 0 Å². The molecule has 0 unspecified atom stereocenters. The van der Waals surface area contributed by atoms with Crippen molar-refractivity contribution in [3.8, 4) is 67.1 Å². The molecule has 2 heteroatoms. The van der Waals surface area contributed by atoms with Gasteiger partial charge in [0.05, 0.1) is 5.41 Å². The molecule has 0 amide bonds. The molecule has 0 bridgehead atoms. The highest BCUT2D eigenvalue weighted by atomic mass is 16.5. The van der Waals surface area contributed by atoms with Crippen LogP contribution in [0.5, 0.6) is 11.5 Å². The molecule has 0 saturated carbocycles. The van der Waals surface area contributed by atoms with E-state index in [1.807, 2.05) is 0 Å². The molecule has 2 nitrogen and oxygen atoms in total. The van der Waals surface area contributed by atoms with Crippen LogP contribution in [-0.4, -0.2) is 0 Å². The highest BCUT2D eigenvalue weighted by Crippen LogP contribution is 2.63. The number of ether oxygens (including phenoxy) is 1. The minimum atomic E-state index is -0.385. The second-order valence-electron chi connectivity index (χ2n) is 16.2. The Morgan fingerprint density at radius 3 is 1.68 bits per heavy atom. The summed E-state index contributed by atoms with van der Waals surface area (Å²) in [5.74, 6) is 1.76. The molecule has 14 rings (SSSR count). The van der Waals surface area contributed by atoms with Gasteiger partial charge in [0.25, 0.3) is 0 Å². The normalized spacial score (nSPS) is 13.7. The van der Waals surface area contributed by atoms with E-state index in [4.69, 9.17) is 9.15 Å². The van der Waals surface area contributed by atoms with Gasteiger partial charge in [-0.05, 0) is 119 Å². The monoisotopic (exact) mass is 748 g/mol. The zero-order chi connectivity index (χ0) is 38.4. The fourth-order valence-electron chi connectivity index (χ4n) is 11.1. The van der Waals surface area contributed by atoms with Crippen molar-refractivity contribution < 1.29 is 9.15 Å². The van der Waals surface area contributed by atoms with E-state index < -0.39 is 0 Å². The maximum absolute atomic E-state index is 6.77. The summed E-state index contributed by atoms with van der Waals surface area (Å²) in [6.07, 6.45) is 0. The molecule has 0 N–H and O–H groups in total. The van der Waals surface area contributed by atoms with E-state index in [2.05, 4.69) is 194 Å². The molecule has 0 saturated heterocycles. The average molecular weight is 749 g/mol. The number of hydrogen-bond donors (Lipinski definition) is 0. The Balaban J connectivity index is 0.948. The van der Waals surface area contributed by atoms with E-state index in [1.165, 1.54) is 66.6 Å². The Hall–Kier alpha value is -7.68. The van der Waals surface area contributed by atoms with Crippen molar-refractivity contribution in [2.45, 2.75) is 5.41 Å². The molecule has 2 aliphatic carbocycles. The standard InChI is InChI=1S/C57H32O2/c1-2-12-36-33(11-1)23-27-45-55-43(18-10-22-52(55)59-56(36)45)37-28-30-53-54-42(37)16-9-17-44(54)46-31-34(25-29-51(46)58-53)35-24-26-41-40-15-5-8-21-49(40)57(50(41)32-35)47-19-6-3-13-38(47)39-14-4-7-20-48(39)57/h1-32H. The van der Waals surface area contributed by atoms with E-state index >= 15 is 0 Å². The van der Waals surface area contributed by atoms with Crippen LogP contribution in [0.25, 0.3) is 99.1 Å². The summed E-state index contributed by atoms with van der Waals surface area (Å²) >= 11 is 0. The van der Waals surface area contributed by atoms with Crippen molar-refractivity contribution in [2.75, 3.05) is 0 Å². The second kappa shape index (κ2) is 11.2. The van der Waals surface area contributed by atoms with Crippen molar-refractivity contribution >= 4 is 43.5 Å². The number of hydrogen-bond acceptors (Lipinski definition) is 2. The van der Waals surface area contributed by atoms with Crippen LogP contribution in [0.1, 0.15) is 22.3 Å². The van der Waals surface area contributed by atoms with Crippen LogP contribution in [0.3, 0.4) is 0 Å². The second-order valence-corrected chi connectivity index (χ2v) is 16.2. The van der Waals surface area contributed by atoms with Crippen molar-refractivity contribution in [2.24, 2.45) is 0 Å². The van der Waals surface area contributed by atoms with Gasteiger partial charge in [-0.2, -0.15) is 0 Å². The Morgan fingerprint density at radius 2 is 0.898 bits per heavy atom. The first-order valence-electron chi connectivity index (χ1n) is 20.4. The topological polar surface area (TPSA) is 22.4 Å². The van der Waals surface area contributed by atoms with E-state index in [-0.39, 0.29) is 5.41 Å². The van der Waals surface area contributed by atoms with Gasteiger partial charge in [0.1, 0.15) is 22.7 Å². The lowest BCUT2D eigenvalue weighted by Crippen LogP contribution is -2.25. The van der Waals surface area contributed by atoms with Crippen LogP contribution < -0.4 is 4.74 Å². The van der Waals surface area contributed by atoms with E-state index in [1.54, 1.807) is 0 Å². The third kappa shape index (κ3) is 3.96. The van der Waals surface area contributed by atoms with Crippen molar-refractivity contribution in [3.63, 3.8) is 0 Å². The molecule has 11 aromatic rings. The average Bonchev–Trinajstić information content (AvgIpc) is 3.94. The van der Waals surface area contributed by atoms with E-state index in [0.717, 1.165) is 66.3 Å². The van der Waals surface area contributed by atoms with Gasteiger partial charge in [-0.3, -0.25) is 0 Å². The highest BCUT2D eigenvalue weighted by Gasteiger charge is 2.51. The smallest absolute Gasteiger partial charge is 0.143 e. The minimum absolute atomic E-state index is 0.385. The summed E-state index contributed by atoms with van der Waals surface area (Å²) in [6, 6.07) is 71.2. The lowest BCUT2D eigenvalue weighted by atomic mass is 9.70. The highest BCUT2D eigenvalue weighted by molar-refractivity contribution is 6.21. The number of fused-ring (bicyclic) bond motifs is 17. The van der Waals surface area contributed by atoms with Gasteiger partial charge in [-0.1, -0.05) is 158 Å². The first-order valence-corrected chi connectivity index (χ1v) is 20.4. The van der Waals surface area contributed by atoms with E-state index in [9.17, 15) is 0 Å². The summed E-state index contributed by atoms with van der Waals surface area (Å²) in [5, 5.41) is 6.87. The van der Waals surface area contributed by atoms with Gasteiger partial charge in [0.2, 0.25) is 0 Å². The summed E-state index contributed by atoms with van der Waals surface area (Å²) in [4.78, 5) is 0. The third-order valence-electron chi connectivity index (χ3n) is 13.5. The van der Waals surface area contributed by atoms with Crippen molar-refractivity contribution in [1.29, 1.82) is 0 Å². The summed E-state index contributed by atoms with van der Waals surface area (Å²) in [6.45, 7) is 0. The molecule has 10 aromatic carbocycles. The predicted molar refractivity (Wildman–Crippen MR) is 241 cm³/mol. The fourth-order valence-corrected chi connectivity index (χ4v) is 11.1. The molecular weight excluding hydrogens is 717 g/mol. The first kappa shape index (κ1) is 31.4. The maximum Gasteiger partial charge on any atom is 0.143 e. The Kier molecular flexibility index (Phi) is 5.99. The quantitative estimate of drug-likeness (QED) is 0.176. The zero-order valence-electron chi connectivity index (χ0n) is 31.8. The number of furan rings is 1. The summed E-state index contributed by atoms with van der Waals surface area (Å²) in [7, 11) is 0. The van der Waals surface area contributed by atoms with Gasteiger partial charge in [-0.25, -0.2) is 0 Å². The molecule has 3 aliphatic rings. The van der Waals surface area contributed by atoms with Crippen LogP contribution in [0.15, 0.2) is 199 Å². The summed E-state index contributed by atoms with van der Waals surface area (Å²) < 4.78 is 13.4. The number of rotatable bonds is 2. The maximum atomic E-state index is 6.77. The predicted octanol–water partition coefficient (Wildman–Crippen LogP) is 15.3. The Labute approximate surface area is 340 Å². The molecule has 59 heavy (non-hydrogen) atoms. The minimum Gasteiger partial charge on any atom is -0.456 e. The van der Waals surface area contributed by atoms with Crippen molar-refractivity contribution in [3.05, 3.63) is 216 Å². The Bertz CT molecular complexity index is 3590. The molecule has 272 valence electrons. The molecule has 2 heterocycles. The Morgan fingerprint density at radius 1 is 0.322 bits per heavy atom. The van der Waals surface area contributed by atoms with Gasteiger partial charge in [0.15, 0.2) is 0 Å². The van der Waals surface area contributed by atoms with Gasteiger partial charge < -0.3 is 9.15 Å². The molecule has 0 radical (unpaired) electrons. The lowest BCUT2D eigenvalue weighted by Gasteiger charge is -2.30. The largest absolute Gasteiger partial charge is 0.456 e. The SMILES string of the molecule is c1ccc2c(c1)-c1ccccc1C21c2ccccc2-c2ccc(-c3ccc4c(c3)-c3cccc5c(-c6cccc7oc8c9ccccc9ccc8c67)ccc(c35)O4)cc21. The molecule has 1 aromatic heterocycles. The molecule has 0 atom stereocenters. The van der Waals surface area contributed by atoms with Crippen LogP contribution in [0.4, 0.5) is 0 Å². The van der Waals surface area contributed by atoms with Crippen LogP contribution in [-0.2, 0) is 5.41 Å². The molecule has 1 aliphatic heterocycles. The van der Waals surface area contributed by atoms with E-state index in [0.29, 0.717) is 0 Å². The fraction of sp³-hybridized carbons (Fsp3) is 0.0175. The van der Waals surface area contributed by atoms with Crippen LogP contribution in [0.2, 0.25) is 0 Å². The first-order chi connectivity index (χ1) is 29.3. The van der Waals surface area contributed by atoms with Crippen molar-refractivity contribution in [1.82, 2.24) is 0 Å². The molecular formula is C57H32O2. The van der Waals surface area contributed by atoms with Gasteiger partial charge >= 0.3 is 0 Å². The third-order valence-corrected chi connectivity index (χ3v) is 13.5. The zero-order valence-corrected chi connectivity index (χ0v) is 31.8. The van der Waals surface area contributed by atoms with Gasteiger partial charge in [-0.15, -0.1) is 0 Å². The molecule has 1 spiro atoms. The summed E-state index contributed by atoms with van der Waals surface area (Å²) in [5.41, 5.74) is 19.1. The molecule has 0 fully saturated rings. The number of benzene rings is 10. The van der Waals surface area contributed by atoms with Crippen LogP contribution >= 0.6 is 0 Å². The van der Waals surface area contributed by atoms with Gasteiger partial charge in [0, 0.05) is 27.1 Å². The lowest BCUT2D eigenvalue weighted by molar-refractivity contribution is 0.487.